The Bertz CT molecular complexity index is 2650. The normalized spacial score (nSPS) is 11.9. The smallest absolute Gasteiger partial charge is 0.362 e. The third-order valence-corrected chi connectivity index (χ3v) is 8.83. The Morgan fingerprint density at radius 2 is 0.904 bits per heavy atom. The van der Waals surface area contributed by atoms with Gasteiger partial charge in [0.05, 0.1) is 34.9 Å². The van der Waals surface area contributed by atoms with Gasteiger partial charge in [-0.05, 0) is 83.9 Å². The molecule has 0 spiro atoms. The zero-order valence-corrected chi connectivity index (χ0v) is 28.4. The van der Waals surface area contributed by atoms with Gasteiger partial charge in [-0.25, -0.2) is 9.97 Å². The monoisotopic (exact) mass is 738 g/mol. The predicted molar refractivity (Wildman–Crippen MR) is 192 cm³/mol. The van der Waals surface area contributed by atoms with E-state index in [0.717, 1.165) is 0 Å². The Labute approximate surface area is 295 Å². The van der Waals surface area contributed by atoms with Crippen LogP contribution in [0.2, 0.25) is 0 Å². The molecule has 2 N–H and O–H groups in total. The summed E-state index contributed by atoms with van der Waals surface area (Å²) in [4.78, 5) is 37.3. The molecule has 14 nitrogen and oxygen atoms in total. The lowest BCUT2D eigenvalue weighted by Gasteiger charge is -2.16. The minimum atomic E-state index is -4.74. The molecule has 2 aromatic heterocycles. The summed E-state index contributed by atoms with van der Waals surface area (Å²) < 4.78 is 74.9. The number of benzene rings is 5. The maximum atomic E-state index is 13.9. The molecule has 0 aliphatic rings. The van der Waals surface area contributed by atoms with Crippen molar-refractivity contribution in [3.8, 4) is 34.3 Å². The molecule has 262 valence electrons. The van der Waals surface area contributed by atoms with E-state index in [-0.39, 0.29) is 35.7 Å². The Morgan fingerprint density at radius 1 is 0.519 bits per heavy atom. The van der Waals surface area contributed by atoms with Crippen molar-refractivity contribution < 1.29 is 34.3 Å². The molecule has 0 amide bonds. The Hall–Kier alpha value is -6.20. The number of nitrogens with zero attached hydrogens (tertiary/aromatic N) is 4. The lowest BCUT2D eigenvalue weighted by Crippen LogP contribution is -2.25. The SMILES string of the molecule is O=c1c2ccccc2nc(-c2ccc(OS(=O)(=O)O)cc2)n1Cc1cccc(Cn2c(-c3ccc(OS(=O)(=O)O)cc3)nc3ccccc3c2=O)c1. The summed E-state index contributed by atoms with van der Waals surface area (Å²) in [5.41, 5.74) is 2.66. The molecule has 0 bridgehead atoms. The van der Waals surface area contributed by atoms with Crippen molar-refractivity contribution in [3.05, 3.63) is 153 Å². The summed E-state index contributed by atoms with van der Waals surface area (Å²) in [5.74, 6) is 0.333. The van der Waals surface area contributed by atoms with Gasteiger partial charge in [-0.1, -0.05) is 48.5 Å². The fourth-order valence-electron chi connectivity index (χ4n) is 5.82. The summed E-state index contributed by atoms with van der Waals surface area (Å²) in [6.07, 6.45) is 0. The van der Waals surface area contributed by atoms with E-state index < -0.39 is 20.8 Å². The van der Waals surface area contributed by atoms with E-state index in [0.29, 0.717) is 55.7 Å². The summed E-state index contributed by atoms with van der Waals surface area (Å²) >= 11 is 0. The highest BCUT2D eigenvalue weighted by Crippen LogP contribution is 2.26. The molecule has 0 atom stereocenters. The lowest BCUT2D eigenvalue weighted by atomic mass is 10.1. The minimum absolute atomic E-state index is 0.0794. The van der Waals surface area contributed by atoms with E-state index in [1.807, 2.05) is 18.2 Å². The van der Waals surface area contributed by atoms with Crippen LogP contribution in [-0.4, -0.2) is 45.0 Å². The fourth-order valence-corrected chi connectivity index (χ4v) is 6.53. The first-order chi connectivity index (χ1) is 24.8. The Kier molecular flexibility index (Phi) is 8.89. The number of hydrogen-bond acceptors (Lipinski definition) is 10. The average molecular weight is 739 g/mol. The highest BCUT2D eigenvalue weighted by Gasteiger charge is 2.17. The fraction of sp³-hybridized carbons (Fsp3) is 0.0556. The van der Waals surface area contributed by atoms with Crippen LogP contribution in [0.5, 0.6) is 11.5 Å². The predicted octanol–water partition coefficient (Wildman–Crippen LogP) is 4.90. The zero-order valence-electron chi connectivity index (χ0n) is 26.7. The molecule has 5 aromatic carbocycles. The first-order valence-electron chi connectivity index (χ1n) is 15.4. The average Bonchev–Trinajstić information content (AvgIpc) is 3.10. The van der Waals surface area contributed by atoms with Crippen LogP contribution in [0.3, 0.4) is 0 Å². The quantitative estimate of drug-likeness (QED) is 0.180. The third-order valence-electron chi connectivity index (χ3n) is 8.02. The maximum absolute atomic E-state index is 13.9. The number of fused-ring (bicyclic) bond motifs is 2. The number of rotatable bonds is 10. The van der Waals surface area contributed by atoms with Gasteiger partial charge in [-0.3, -0.25) is 27.8 Å². The van der Waals surface area contributed by atoms with Gasteiger partial charge in [0.25, 0.3) is 11.1 Å². The van der Waals surface area contributed by atoms with Crippen LogP contribution in [0.15, 0.2) is 131 Å². The summed E-state index contributed by atoms with van der Waals surface area (Å²) in [7, 11) is -9.47. The van der Waals surface area contributed by atoms with Crippen molar-refractivity contribution in [3.63, 3.8) is 0 Å². The molecule has 0 unspecified atom stereocenters. The molecule has 0 saturated heterocycles. The highest BCUT2D eigenvalue weighted by molar-refractivity contribution is 7.81. The van der Waals surface area contributed by atoms with Crippen molar-refractivity contribution in [1.29, 1.82) is 0 Å². The molecular weight excluding hydrogens is 713 g/mol. The van der Waals surface area contributed by atoms with Crippen molar-refractivity contribution in [2.24, 2.45) is 0 Å². The van der Waals surface area contributed by atoms with E-state index in [1.54, 1.807) is 54.6 Å². The van der Waals surface area contributed by atoms with Gasteiger partial charge in [0.2, 0.25) is 0 Å². The highest BCUT2D eigenvalue weighted by atomic mass is 32.3. The molecule has 0 aliphatic heterocycles. The van der Waals surface area contributed by atoms with E-state index in [1.165, 1.54) is 57.7 Å². The zero-order chi connectivity index (χ0) is 36.6. The van der Waals surface area contributed by atoms with Gasteiger partial charge in [0, 0.05) is 11.1 Å². The number of hydrogen-bond donors (Lipinski definition) is 2. The van der Waals surface area contributed by atoms with E-state index in [2.05, 4.69) is 8.37 Å². The first-order valence-corrected chi connectivity index (χ1v) is 18.2. The molecule has 52 heavy (non-hydrogen) atoms. The van der Waals surface area contributed by atoms with Gasteiger partial charge in [0.15, 0.2) is 0 Å². The topological polar surface area (TPSA) is 197 Å². The van der Waals surface area contributed by atoms with Crippen LogP contribution >= 0.6 is 0 Å². The van der Waals surface area contributed by atoms with Gasteiger partial charge in [0.1, 0.15) is 23.1 Å². The van der Waals surface area contributed by atoms with Crippen LogP contribution in [0.25, 0.3) is 44.6 Å². The molecule has 0 fully saturated rings. The van der Waals surface area contributed by atoms with Gasteiger partial charge >= 0.3 is 20.8 Å². The largest absolute Gasteiger partial charge is 0.446 e. The molecule has 16 heteroatoms. The third kappa shape index (κ3) is 7.45. The van der Waals surface area contributed by atoms with Gasteiger partial charge in [-0.15, -0.1) is 0 Å². The van der Waals surface area contributed by atoms with E-state index in [9.17, 15) is 26.4 Å². The maximum Gasteiger partial charge on any atom is 0.446 e. The molecule has 7 aromatic rings. The Balaban J connectivity index is 1.28. The van der Waals surface area contributed by atoms with Crippen molar-refractivity contribution >= 4 is 42.6 Å². The van der Waals surface area contributed by atoms with Crippen LogP contribution in [0.1, 0.15) is 11.1 Å². The van der Waals surface area contributed by atoms with Crippen LogP contribution in [0.4, 0.5) is 0 Å². The minimum Gasteiger partial charge on any atom is -0.362 e. The van der Waals surface area contributed by atoms with Gasteiger partial charge in [-0.2, -0.15) is 16.8 Å². The molecule has 0 radical (unpaired) electrons. The van der Waals surface area contributed by atoms with E-state index >= 15 is 0 Å². The molecule has 7 rings (SSSR count). The second kappa shape index (κ2) is 13.5. The van der Waals surface area contributed by atoms with Crippen molar-refractivity contribution in [1.82, 2.24) is 19.1 Å². The van der Waals surface area contributed by atoms with E-state index in [4.69, 9.17) is 19.1 Å². The molecule has 0 saturated carbocycles. The van der Waals surface area contributed by atoms with Crippen LogP contribution < -0.4 is 19.5 Å². The molecular formula is C36H26N4O10S2. The Morgan fingerprint density at radius 3 is 1.29 bits per heavy atom. The second-order valence-corrected chi connectivity index (χ2v) is 13.6. The second-order valence-electron chi connectivity index (χ2n) is 11.6. The van der Waals surface area contributed by atoms with Crippen molar-refractivity contribution in [2.75, 3.05) is 0 Å². The van der Waals surface area contributed by atoms with Crippen LogP contribution in [0, 0.1) is 0 Å². The summed E-state index contributed by atoms with van der Waals surface area (Å²) in [5, 5.41) is 0.778. The van der Waals surface area contributed by atoms with Crippen molar-refractivity contribution in [2.45, 2.75) is 13.1 Å². The van der Waals surface area contributed by atoms with Gasteiger partial charge < -0.3 is 8.37 Å². The number of aromatic nitrogens is 4. The van der Waals surface area contributed by atoms with Crippen LogP contribution in [-0.2, 0) is 33.9 Å². The number of para-hydroxylation sites is 2. The first kappa shape index (κ1) is 34.3. The standard InChI is InChI=1S/C36H26N4O10S2/c41-35-29-8-1-3-10-31(29)37-33(25-12-16-27(17-13-25)49-51(43,44)45)39(35)21-23-6-5-7-24(20-23)22-40-34(38-32-11-4-2-9-30(32)36(40)42)26-14-18-28(19-15-26)50-52(46,47)48/h1-20H,21-22H2,(H,43,44,45)(H,46,47,48). The lowest BCUT2D eigenvalue weighted by molar-refractivity contribution is 0.384. The summed E-state index contributed by atoms with van der Waals surface area (Å²) in [6, 6.07) is 32.5. The summed E-state index contributed by atoms with van der Waals surface area (Å²) in [6.45, 7) is 0.159. The molecule has 0 aliphatic carbocycles. The molecule has 2 heterocycles.